The number of hydrogen-bond acceptors (Lipinski definition) is 5. The van der Waals surface area contributed by atoms with Crippen LogP contribution in [-0.2, 0) is 6.54 Å². The molecule has 0 aliphatic carbocycles. The normalized spacial score (nSPS) is 14.0. The van der Waals surface area contributed by atoms with Gasteiger partial charge in [0.25, 0.3) is 11.8 Å². The molecule has 3 heterocycles. The smallest absolute Gasteiger partial charge is 0.261 e. The number of fused-ring (bicyclic) bond motifs is 2. The molecule has 22 heavy (non-hydrogen) atoms. The predicted octanol–water partition coefficient (Wildman–Crippen LogP) is 3.14. The monoisotopic (exact) mass is 329 g/mol. The van der Waals surface area contributed by atoms with Crippen LogP contribution in [0.25, 0.3) is 10.2 Å². The molecule has 7 heteroatoms. The van der Waals surface area contributed by atoms with Crippen molar-refractivity contribution in [1.82, 2.24) is 14.9 Å². The molecule has 0 unspecified atom stereocenters. The van der Waals surface area contributed by atoms with Crippen LogP contribution >= 0.6 is 22.9 Å². The lowest BCUT2D eigenvalue weighted by atomic mass is 10.1. The Morgan fingerprint density at radius 3 is 2.41 bits per heavy atom. The van der Waals surface area contributed by atoms with E-state index in [-0.39, 0.29) is 18.4 Å². The number of carbonyl (C=O) groups is 2. The number of rotatable bonds is 2. The summed E-state index contributed by atoms with van der Waals surface area (Å²) in [4.78, 5) is 35.1. The van der Waals surface area contributed by atoms with Crippen LogP contribution in [0, 0.1) is 0 Å². The van der Waals surface area contributed by atoms with Crippen molar-refractivity contribution in [3.8, 4) is 0 Å². The third kappa shape index (κ3) is 1.92. The summed E-state index contributed by atoms with van der Waals surface area (Å²) >= 11 is 7.56. The molecule has 3 aromatic rings. The molecule has 0 saturated carbocycles. The van der Waals surface area contributed by atoms with E-state index in [1.165, 1.54) is 11.3 Å². The van der Waals surface area contributed by atoms with Gasteiger partial charge in [0.05, 0.1) is 17.7 Å². The van der Waals surface area contributed by atoms with E-state index in [1.54, 1.807) is 24.3 Å². The van der Waals surface area contributed by atoms with E-state index in [0.29, 0.717) is 22.1 Å². The summed E-state index contributed by atoms with van der Waals surface area (Å²) in [6, 6.07) is 8.60. The number of amides is 2. The third-order valence-corrected chi connectivity index (χ3v) is 4.60. The van der Waals surface area contributed by atoms with Crippen molar-refractivity contribution in [3.05, 3.63) is 57.8 Å². The number of benzene rings is 1. The van der Waals surface area contributed by atoms with Crippen molar-refractivity contribution in [3.63, 3.8) is 0 Å². The topological polar surface area (TPSA) is 63.2 Å². The summed E-state index contributed by atoms with van der Waals surface area (Å²) in [5.41, 5.74) is 0.826. The molecular formula is C15H8ClN3O2S. The number of hydrogen-bond donors (Lipinski definition) is 0. The molecule has 5 nitrogen and oxygen atoms in total. The molecule has 4 rings (SSSR count). The maximum absolute atomic E-state index is 12.3. The quantitative estimate of drug-likeness (QED) is 0.535. The first kappa shape index (κ1) is 13.4. The Morgan fingerprint density at radius 2 is 1.73 bits per heavy atom. The molecule has 2 amide bonds. The van der Waals surface area contributed by atoms with E-state index >= 15 is 0 Å². The van der Waals surface area contributed by atoms with Gasteiger partial charge in [0.1, 0.15) is 9.98 Å². The summed E-state index contributed by atoms with van der Waals surface area (Å²) in [6.45, 7) is 0.0138. The highest BCUT2D eigenvalue weighted by Crippen LogP contribution is 2.27. The Balaban J connectivity index is 1.72. The van der Waals surface area contributed by atoms with Crippen molar-refractivity contribution in [2.24, 2.45) is 0 Å². The van der Waals surface area contributed by atoms with Gasteiger partial charge >= 0.3 is 0 Å². The standard InChI is InChI=1S/C15H8ClN3O2S/c16-12-10-5-6-22-13(10)18-11(17-12)7-19-14(20)8-3-1-2-4-9(8)15(19)21/h1-6H,7H2. The molecule has 0 N–H and O–H groups in total. The van der Waals surface area contributed by atoms with Crippen molar-refractivity contribution < 1.29 is 9.59 Å². The first-order chi connectivity index (χ1) is 10.6. The Hall–Kier alpha value is -2.31. The van der Waals surface area contributed by atoms with Crippen molar-refractivity contribution >= 4 is 45.0 Å². The fraction of sp³-hybridized carbons (Fsp3) is 0.0667. The maximum Gasteiger partial charge on any atom is 0.261 e. The minimum Gasteiger partial charge on any atom is -0.269 e. The molecule has 0 radical (unpaired) electrons. The van der Waals surface area contributed by atoms with Gasteiger partial charge < -0.3 is 0 Å². The number of carbonyl (C=O) groups excluding carboxylic acids is 2. The summed E-state index contributed by atoms with van der Waals surface area (Å²) in [7, 11) is 0. The fourth-order valence-corrected chi connectivity index (χ4v) is 3.54. The first-order valence-electron chi connectivity index (χ1n) is 6.50. The van der Waals surface area contributed by atoms with E-state index in [1.807, 2.05) is 11.4 Å². The Bertz CT molecular complexity index is 902. The van der Waals surface area contributed by atoms with Gasteiger partial charge in [-0.25, -0.2) is 9.97 Å². The van der Waals surface area contributed by atoms with Gasteiger partial charge in [-0.05, 0) is 23.6 Å². The zero-order chi connectivity index (χ0) is 15.3. The van der Waals surface area contributed by atoms with E-state index in [4.69, 9.17) is 11.6 Å². The molecule has 0 bridgehead atoms. The summed E-state index contributed by atoms with van der Waals surface area (Å²) in [6.07, 6.45) is 0. The van der Waals surface area contributed by atoms with Gasteiger partial charge in [0.2, 0.25) is 0 Å². The molecule has 2 aromatic heterocycles. The van der Waals surface area contributed by atoms with E-state index < -0.39 is 0 Å². The lowest BCUT2D eigenvalue weighted by Crippen LogP contribution is -2.30. The Labute approximate surface area is 134 Å². The number of imide groups is 1. The van der Waals surface area contributed by atoms with E-state index in [0.717, 1.165) is 15.1 Å². The number of halogens is 1. The van der Waals surface area contributed by atoms with Crippen LogP contribution < -0.4 is 0 Å². The molecule has 0 spiro atoms. The first-order valence-corrected chi connectivity index (χ1v) is 7.76. The molecule has 0 fully saturated rings. The summed E-state index contributed by atoms with van der Waals surface area (Å²) in [5.74, 6) is -0.298. The molecule has 1 aromatic carbocycles. The Morgan fingerprint density at radius 1 is 1.05 bits per heavy atom. The maximum atomic E-state index is 12.3. The second kappa shape index (κ2) is 4.86. The lowest BCUT2D eigenvalue weighted by Gasteiger charge is -2.12. The highest BCUT2D eigenvalue weighted by atomic mass is 35.5. The summed E-state index contributed by atoms with van der Waals surface area (Å²) in [5, 5.41) is 2.98. The summed E-state index contributed by atoms with van der Waals surface area (Å²) < 4.78 is 0. The highest BCUT2D eigenvalue weighted by molar-refractivity contribution is 7.16. The fourth-order valence-electron chi connectivity index (χ4n) is 2.46. The van der Waals surface area contributed by atoms with Gasteiger partial charge in [-0.2, -0.15) is 0 Å². The van der Waals surface area contributed by atoms with Crippen molar-refractivity contribution in [1.29, 1.82) is 0 Å². The molecule has 1 aliphatic rings. The number of aromatic nitrogens is 2. The largest absolute Gasteiger partial charge is 0.269 e. The van der Waals surface area contributed by atoms with E-state index in [2.05, 4.69) is 9.97 Å². The number of thiophene rings is 1. The third-order valence-electron chi connectivity index (χ3n) is 3.50. The second-order valence-electron chi connectivity index (χ2n) is 4.81. The van der Waals surface area contributed by atoms with Crippen LogP contribution in [0.3, 0.4) is 0 Å². The zero-order valence-corrected chi connectivity index (χ0v) is 12.7. The van der Waals surface area contributed by atoms with Crippen LogP contribution in [0.2, 0.25) is 5.15 Å². The van der Waals surface area contributed by atoms with Gasteiger partial charge in [-0.3, -0.25) is 14.5 Å². The average molecular weight is 330 g/mol. The van der Waals surface area contributed by atoms with Crippen LogP contribution in [0.1, 0.15) is 26.5 Å². The second-order valence-corrected chi connectivity index (χ2v) is 6.06. The van der Waals surface area contributed by atoms with Gasteiger partial charge in [0.15, 0.2) is 5.82 Å². The minimum atomic E-state index is -0.327. The Kier molecular flexibility index (Phi) is 2.95. The van der Waals surface area contributed by atoms with Crippen molar-refractivity contribution in [2.75, 3.05) is 0 Å². The molecule has 108 valence electrons. The van der Waals surface area contributed by atoms with Gasteiger partial charge in [-0.15, -0.1) is 11.3 Å². The molecule has 0 saturated heterocycles. The van der Waals surface area contributed by atoms with Crippen LogP contribution in [0.4, 0.5) is 0 Å². The molecular weight excluding hydrogens is 322 g/mol. The molecule has 1 aliphatic heterocycles. The minimum absolute atomic E-state index is 0.0138. The van der Waals surface area contributed by atoms with Crippen LogP contribution in [0.15, 0.2) is 35.7 Å². The van der Waals surface area contributed by atoms with Crippen LogP contribution in [-0.4, -0.2) is 26.7 Å². The van der Waals surface area contributed by atoms with Gasteiger partial charge in [-0.1, -0.05) is 23.7 Å². The molecule has 0 atom stereocenters. The lowest BCUT2D eigenvalue weighted by molar-refractivity contribution is 0.0638. The van der Waals surface area contributed by atoms with E-state index in [9.17, 15) is 9.59 Å². The van der Waals surface area contributed by atoms with Gasteiger partial charge in [0, 0.05) is 5.39 Å². The predicted molar refractivity (Wildman–Crippen MR) is 83.1 cm³/mol. The van der Waals surface area contributed by atoms with Crippen molar-refractivity contribution in [2.45, 2.75) is 6.54 Å². The number of nitrogens with zero attached hydrogens (tertiary/aromatic N) is 3. The van der Waals surface area contributed by atoms with Crippen LogP contribution in [0.5, 0.6) is 0 Å². The average Bonchev–Trinajstić information content (AvgIpc) is 3.08. The highest BCUT2D eigenvalue weighted by Gasteiger charge is 2.35. The SMILES string of the molecule is O=C1c2ccccc2C(=O)N1Cc1nc(Cl)c2ccsc2n1. The zero-order valence-electron chi connectivity index (χ0n) is 11.1.